The van der Waals surface area contributed by atoms with E-state index in [1.54, 1.807) is 6.20 Å². The van der Waals surface area contributed by atoms with Gasteiger partial charge >= 0.3 is 6.18 Å². The van der Waals surface area contributed by atoms with Gasteiger partial charge in [-0.1, -0.05) is 0 Å². The number of pyridine rings is 1. The number of halogens is 3. The van der Waals surface area contributed by atoms with Crippen LogP contribution in [0.5, 0.6) is 0 Å². The van der Waals surface area contributed by atoms with Crippen molar-refractivity contribution in [1.82, 2.24) is 29.9 Å². The van der Waals surface area contributed by atoms with Crippen LogP contribution in [-0.4, -0.2) is 30.5 Å². The number of aryl methyl sites for hydroxylation is 2. The Morgan fingerprint density at radius 1 is 1.16 bits per heavy atom. The molecule has 162 valence electrons. The van der Waals surface area contributed by atoms with Crippen molar-refractivity contribution in [3.8, 4) is 11.3 Å². The fourth-order valence-electron chi connectivity index (χ4n) is 4.03. The quantitative estimate of drug-likeness (QED) is 0.682. The molecule has 1 aliphatic carbocycles. The number of fused-ring (bicyclic) bond motifs is 1. The minimum Gasteiger partial charge on any atom is -0.342 e. The highest BCUT2D eigenvalue weighted by Crippen LogP contribution is 2.40. The van der Waals surface area contributed by atoms with Gasteiger partial charge in [0.15, 0.2) is 5.69 Å². The molecule has 1 amide bonds. The summed E-state index contributed by atoms with van der Waals surface area (Å²) in [5, 5.41) is 11.0. The van der Waals surface area contributed by atoms with Gasteiger partial charge in [-0.05, 0) is 43.9 Å². The van der Waals surface area contributed by atoms with Gasteiger partial charge in [-0.25, -0.2) is 0 Å². The van der Waals surface area contributed by atoms with Crippen LogP contribution in [0.25, 0.3) is 11.3 Å². The lowest BCUT2D eigenvalue weighted by Gasteiger charge is -2.24. The van der Waals surface area contributed by atoms with Crippen LogP contribution >= 0.6 is 0 Å². The van der Waals surface area contributed by atoms with E-state index in [4.69, 9.17) is 5.10 Å². The topological polar surface area (TPSA) is 77.6 Å². The Bertz CT molecular complexity index is 1140. The van der Waals surface area contributed by atoms with Crippen LogP contribution in [0.3, 0.4) is 0 Å². The van der Waals surface area contributed by atoms with Crippen molar-refractivity contribution in [1.29, 1.82) is 0 Å². The largest absolute Gasteiger partial charge is 0.435 e. The first kappa shape index (κ1) is 19.8. The second-order valence-corrected chi connectivity index (χ2v) is 8.13. The molecule has 0 radical (unpaired) electrons. The molecule has 7 nitrogen and oxygen atoms in total. The Labute approximate surface area is 176 Å². The second-order valence-electron chi connectivity index (χ2n) is 8.13. The number of hydrogen-bond donors (Lipinski definition) is 1. The van der Waals surface area contributed by atoms with E-state index in [9.17, 15) is 18.0 Å². The predicted molar refractivity (Wildman–Crippen MR) is 105 cm³/mol. The van der Waals surface area contributed by atoms with Gasteiger partial charge in [0.1, 0.15) is 5.69 Å². The summed E-state index contributed by atoms with van der Waals surface area (Å²) in [6.07, 6.45) is 1.01. The Balaban J connectivity index is 1.39. The lowest BCUT2D eigenvalue weighted by molar-refractivity contribution is -0.141. The molecular weight excluding hydrogens is 409 g/mol. The van der Waals surface area contributed by atoms with Crippen LogP contribution in [0.4, 0.5) is 13.2 Å². The maximum absolute atomic E-state index is 12.9. The lowest BCUT2D eigenvalue weighted by atomic mass is 10.0. The summed E-state index contributed by atoms with van der Waals surface area (Å²) in [5.74, 6) is -0.0589. The second kappa shape index (κ2) is 7.21. The molecule has 1 fully saturated rings. The van der Waals surface area contributed by atoms with Gasteiger partial charge in [-0.15, -0.1) is 0 Å². The molecule has 1 N–H and O–H groups in total. The Morgan fingerprint density at radius 3 is 2.68 bits per heavy atom. The third kappa shape index (κ3) is 3.82. The number of rotatable bonds is 4. The summed E-state index contributed by atoms with van der Waals surface area (Å²) < 4.78 is 41.6. The summed E-state index contributed by atoms with van der Waals surface area (Å²) >= 11 is 0. The molecule has 0 unspecified atom stereocenters. The number of carbonyl (C=O) groups is 1. The number of carbonyl (C=O) groups excluding carboxylic acids is 1. The number of nitrogens with zero attached hydrogens (tertiary/aromatic N) is 5. The van der Waals surface area contributed by atoms with Crippen LogP contribution in [0, 0.1) is 0 Å². The summed E-state index contributed by atoms with van der Waals surface area (Å²) in [6.45, 7) is 0.728. The van der Waals surface area contributed by atoms with Crippen molar-refractivity contribution in [2.45, 2.75) is 50.4 Å². The number of aromatic nitrogens is 5. The minimum absolute atomic E-state index is 0.132. The molecule has 5 rings (SSSR count). The van der Waals surface area contributed by atoms with E-state index in [-0.39, 0.29) is 11.7 Å². The van der Waals surface area contributed by atoms with Crippen molar-refractivity contribution in [2.75, 3.05) is 0 Å². The zero-order valence-corrected chi connectivity index (χ0v) is 16.9. The molecule has 1 aliphatic heterocycles. The summed E-state index contributed by atoms with van der Waals surface area (Å²) in [7, 11) is 1.33. The Kier molecular flexibility index (Phi) is 4.60. The normalized spacial score (nSPS) is 18.6. The first-order valence-electron chi connectivity index (χ1n) is 10.3. The van der Waals surface area contributed by atoms with Gasteiger partial charge in [0.05, 0.1) is 17.4 Å². The van der Waals surface area contributed by atoms with Gasteiger partial charge in [0.25, 0.3) is 5.91 Å². The van der Waals surface area contributed by atoms with E-state index in [1.165, 1.54) is 7.05 Å². The zero-order chi connectivity index (χ0) is 21.8. The van der Waals surface area contributed by atoms with Crippen LogP contribution in [-0.2, 0) is 19.8 Å². The molecule has 2 aliphatic rings. The van der Waals surface area contributed by atoms with E-state index < -0.39 is 17.8 Å². The van der Waals surface area contributed by atoms with Crippen molar-refractivity contribution in [2.24, 2.45) is 7.05 Å². The molecule has 1 atom stereocenters. The van der Waals surface area contributed by atoms with Crippen LogP contribution in [0.1, 0.15) is 65.2 Å². The fraction of sp³-hybridized carbons (Fsp3) is 0.429. The van der Waals surface area contributed by atoms with E-state index in [2.05, 4.69) is 21.5 Å². The molecule has 0 saturated heterocycles. The molecule has 10 heteroatoms. The highest BCUT2D eigenvalue weighted by Gasteiger charge is 2.36. The summed E-state index contributed by atoms with van der Waals surface area (Å²) in [5.41, 5.74) is 2.49. The number of alkyl halides is 3. The van der Waals surface area contributed by atoms with Gasteiger partial charge in [-0.3, -0.25) is 19.1 Å². The van der Waals surface area contributed by atoms with Crippen molar-refractivity contribution in [3.05, 3.63) is 53.2 Å². The van der Waals surface area contributed by atoms with Crippen LogP contribution in [0.2, 0.25) is 0 Å². The van der Waals surface area contributed by atoms with Crippen LogP contribution in [0.15, 0.2) is 30.5 Å². The van der Waals surface area contributed by atoms with Crippen molar-refractivity contribution < 1.29 is 18.0 Å². The summed E-state index contributed by atoms with van der Waals surface area (Å²) in [6, 6.07) is 6.37. The Morgan fingerprint density at radius 2 is 1.97 bits per heavy atom. The van der Waals surface area contributed by atoms with Gasteiger partial charge in [0.2, 0.25) is 0 Å². The maximum Gasteiger partial charge on any atom is 0.435 e. The Hall–Kier alpha value is -3.17. The number of nitrogens with one attached hydrogen (secondary N) is 1. The third-order valence-corrected chi connectivity index (χ3v) is 5.81. The third-order valence-electron chi connectivity index (χ3n) is 5.81. The highest BCUT2D eigenvalue weighted by molar-refractivity contribution is 5.93. The monoisotopic (exact) mass is 430 g/mol. The molecule has 0 spiro atoms. The zero-order valence-electron chi connectivity index (χ0n) is 16.9. The first-order valence-corrected chi connectivity index (χ1v) is 10.3. The number of amides is 1. The average molecular weight is 430 g/mol. The van der Waals surface area contributed by atoms with Gasteiger partial charge in [0, 0.05) is 43.0 Å². The molecule has 3 aromatic rings. The van der Waals surface area contributed by atoms with E-state index in [0.29, 0.717) is 12.3 Å². The van der Waals surface area contributed by atoms with Crippen molar-refractivity contribution >= 4 is 5.91 Å². The van der Waals surface area contributed by atoms with E-state index >= 15 is 0 Å². The smallest absolute Gasteiger partial charge is 0.342 e. The first-order chi connectivity index (χ1) is 14.8. The summed E-state index contributed by atoms with van der Waals surface area (Å²) in [4.78, 5) is 17.2. The van der Waals surface area contributed by atoms with Crippen molar-refractivity contribution in [3.63, 3.8) is 0 Å². The molecule has 4 heterocycles. The maximum atomic E-state index is 12.9. The highest BCUT2D eigenvalue weighted by atomic mass is 19.4. The molecule has 0 bridgehead atoms. The minimum atomic E-state index is -4.60. The standard InChI is InChI=1S/C21H21F3N6O/c1-29-18(11-19(28-29)21(22,23)24)20(31)26-14-3-2-8-30-17(14)10-16(27-30)13-6-7-25-15(9-13)12-4-5-12/h6-7,9-12,14H,2-5,8H2,1H3,(H,26,31)/t14-/m1/s1. The molecule has 31 heavy (non-hydrogen) atoms. The van der Waals surface area contributed by atoms with Crippen LogP contribution < -0.4 is 5.32 Å². The number of hydrogen-bond acceptors (Lipinski definition) is 4. The van der Waals surface area contributed by atoms with E-state index in [1.807, 2.05) is 16.8 Å². The van der Waals surface area contributed by atoms with Gasteiger partial charge < -0.3 is 5.32 Å². The molecular formula is C21H21F3N6O. The molecule has 3 aromatic heterocycles. The predicted octanol–water partition coefficient (Wildman–Crippen LogP) is 3.84. The lowest BCUT2D eigenvalue weighted by Crippen LogP contribution is -2.33. The SMILES string of the molecule is Cn1nc(C(F)(F)F)cc1C(=O)N[C@@H]1CCCn2nc(-c3ccnc(C4CC4)c3)cc21. The van der Waals surface area contributed by atoms with E-state index in [0.717, 1.165) is 59.2 Å². The molecule has 0 aromatic carbocycles. The van der Waals surface area contributed by atoms with Gasteiger partial charge in [-0.2, -0.15) is 23.4 Å². The molecule has 1 saturated carbocycles. The average Bonchev–Trinajstić information content (AvgIpc) is 3.35. The fourth-order valence-corrected chi connectivity index (χ4v) is 4.03.